The van der Waals surface area contributed by atoms with Gasteiger partial charge in [-0.2, -0.15) is 0 Å². The molecule has 1 atom stereocenters. The summed E-state index contributed by atoms with van der Waals surface area (Å²) in [5.74, 6) is 0.473. The van der Waals surface area contributed by atoms with Crippen molar-refractivity contribution in [1.82, 2.24) is 0 Å². The van der Waals surface area contributed by atoms with Crippen molar-refractivity contribution in [1.29, 1.82) is 0 Å². The second-order valence-electron chi connectivity index (χ2n) is 2.95. The zero-order chi connectivity index (χ0) is 9.26. The molecule has 13 heavy (non-hydrogen) atoms. The SMILES string of the molecule is NC(CCl)c1csc2ccccc12. The fourth-order valence-corrected chi connectivity index (χ4v) is 2.56. The van der Waals surface area contributed by atoms with Crippen LogP contribution in [0.1, 0.15) is 11.6 Å². The van der Waals surface area contributed by atoms with Crippen molar-refractivity contribution in [3.63, 3.8) is 0 Å². The summed E-state index contributed by atoms with van der Waals surface area (Å²) >= 11 is 7.44. The van der Waals surface area contributed by atoms with Gasteiger partial charge in [0.1, 0.15) is 0 Å². The fourth-order valence-electron chi connectivity index (χ4n) is 1.37. The number of fused-ring (bicyclic) bond motifs is 1. The lowest BCUT2D eigenvalue weighted by atomic mass is 10.1. The highest BCUT2D eigenvalue weighted by atomic mass is 35.5. The maximum absolute atomic E-state index is 5.88. The molecule has 0 aliphatic carbocycles. The van der Waals surface area contributed by atoms with E-state index >= 15 is 0 Å². The minimum absolute atomic E-state index is 0.0437. The predicted octanol–water partition coefficient (Wildman–Crippen LogP) is 3.14. The lowest BCUT2D eigenvalue weighted by molar-refractivity contribution is 0.838. The van der Waals surface area contributed by atoms with Crippen LogP contribution in [-0.4, -0.2) is 5.88 Å². The van der Waals surface area contributed by atoms with Crippen molar-refractivity contribution in [2.75, 3.05) is 5.88 Å². The Morgan fingerprint density at radius 3 is 2.92 bits per heavy atom. The van der Waals surface area contributed by atoms with Crippen LogP contribution in [0.5, 0.6) is 0 Å². The van der Waals surface area contributed by atoms with Gasteiger partial charge < -0.3 is 5.73 Å². The van der Waals surface area contributed by atoms with Crippen LogP contribution in [0, 0.1) is 0 Å². The van der Waals surface area contributed by atoms with E-state index in [1.807, 2.05) is 12.1 Å². The first kappa shape index (κ1) is 9.00. The molecule has 0 bridgehead atoms. The molecule has 0 radical (unpaired) electrons. The van der Waals surface area contributed by atoms with Crippen LogP contribution in [0.25, 0.3) is 10.1 Å². The topological polar surface area (TPSA) is 26.0 Å². The van der Waals surface area contributed by atoms with E-state index in [4.69, 9.17) is 17.3 Å². The highest BCUT2D eigenvalue weighted by molar-refractivity contribution is 7.17. The van der Waals surface area contributed by atoms with Crippen LogP contribution in [0.15, 0.2) is 29.6 Å². The van der Waals surface area contributed by atoms with Gasteiger partial charge in [-0.25, -0.2) is 0 Å². The summed E-state index contributed by atoms with van der Waals surface area (Å²) < 4.78 is 1.28. The molecule has 1 aromatic heterocycles. The molecule has 3 heteroatoms. The summed E-state index contributed by atoms with van der Waals surface area (Å²) in [6, 6.07) is 8.21. The summed E-state index contributed by atoms with van der Waals surface area (Å²) in [7, 11) is 0. The van der Waals surface area contributed by atoms with Crippen LogP contribution in [0.2, 0.25) is 0 Å². The minimum Gasteiger partial charge on any atom is -0.323 e. The summed E-state index contributed by atoms with van der Waals surface area (Å²) in [5.41, 5.74) is 7.04. The van der Waals surface area contributed by atoms with E-state index < -0.39 is 0 Å². The number of rotatable bonds is 2. The van der Waals surface area contributed by atoms with Crippen LogP contribution in [0.4, 0.5) is 0 Å². The van der Waals surface area contributed by atoms with Gasteiger partial charge in [-0.05, 0) is 22.4 Å². The van der Waals surface area contributed by atoms with Crippen LogP contribution in [-0.2, 0) is 0 Å². The van der Waals surface area contributed by atoms with Crippen molar-refractivity contribution >= 4 is 33.0 Å². The van der Waals surface area contributed by atoms with E-state index in [2.05, 4.69) is 17.5 Å². The molecule has 0 saturated heterocycles. The van der Waals surface area contributed by atoms with E-state index in [0.29, 0.717) is 5.88 Å². The fraction of sp³-hybridized carbons (Fsp3) is 0.200. The van der Waals surface area contributed by atoms with E-state index in [0.717, 1.165) is 5.56 Å². The summed E-state index contributed by atoms with van der Waals surface area (Å²) in [6.07, 6.45) is 0. The van der Waals surface area contributed by atoms with E-state index in [1.54, 1.807) is 11.3 Å². The highest BCUT2D eigenvalue weighted by Gasteiger charge is 2.09. The Labute approximate surface area is 86.1 Å². The van der Waals surface area contributed by atoms with Gasteiger partial charge >= 0.3 is 0 Å². The Morgan fingerprint density at radius 2 is 2.15 bits per heavy atom. The highest BCUT2D eigenvalue weighted by Crippen LogP contribution is 2.29. The minimum atomic E-state index is -0.0437. The second-order valence-corrected chi connectivity index (χ2v) is 4.17. The number of thiophene rings is 1. The quantitative estimate of drug-likeness (QED) is 0.759. The monoisotopic (exact) mass is 211 g/mol. The number of halogens is 1. The number of alkyl halides is 1. The standard InChI is InChI=1S/C10H10ClNS/c11-5-9(12)8-6-13-10-4-2-1-3-7(8)10/h1-4,6,9H,5,12H2. The zero-order valence-electron chi connectivity index (χ0n) is 7.03. The summed E-state index contributed by atoms with van der Waals surface area (Å²) in [6.45, 7) is 0. The van der Waals surface area contributed by atoms with Crippen molar-refractivity contribution < 1.29 is 0 Å². The Hall–Kier alpha value is -0.570. The van der Waals surface area contributed by atoms with Gasteiger partial charge in [-0.1, -0.05) is 18.2 Å². The van der Waals surface area contributed by atoms with Gasteiger partial charge in [0.2, 0.25) is 0 Å². The normalized spacial score (nSPS) is 13.4. The molecule has 1 aromatic carbocycles. The molecule has 0 aliphatic heterocycles. The molecule has 0 aliphatic rings. The molecule has 2 rings (SSSR count). The molecule has 0 amide bonds. The van der Waals surface area contributed by atoms with E-state index in [1.165, 1.54) is 10.1 Å². The number of hydrogen-bond acceptors (Lipinski definition) is 2. The number of nitrogens with two attached hydrogens (primary N) is 1. The first-order valence-electron chi connectivity index (χ1n) is 4.10. The van der Waals surface area contributed by atoms with Gasteiger partial charge in [-0.15, -0.1) is 22.9 Å². The predicted molar refractivity (Wildman–Crippen MR) is 59.5 cm³/mol. The lowest BCUT2D eigenvalue weighted by Gasteiger charge is -2.05. The number of hydrogen-bond donors (Lipinski definition) is 1. The van der Waals surface area contributed by atoms with Crippen molar-refractivity contribution in [2.24, 2.45) is 5.73 Å². The van der Waals surface area contributed by atoms with Gasteiger partial charge in [0.15, 0.2) is 0 Å². The maximum atomic E-state index is 5.88. The first-order valence-corrected chi connectivity index (χ1v) is 5.52. The lowest BCUT2D eigenvalue weighted by Crippen LogP contribution is -2.10. The van der Waals surface area contributed by atoms with Crippen LogP contribution >= 0.6 is 22.9 Å². The van der Waals surface area contributed by atoms with E-state index in [9.17, 15) is 0 Å². The molecular weight excluding hydrogens is 202 g/mol. The maximum Gasteiger partial charge on any atom is 0.0446 e. The van der Waals surface area contributed by atoms with Gasteiger partial charge in [-0.3, -0.25) is 0 Å². The van der Waals surface area contributed by atoms with Crippen LogP contribution in [0.3, 0.4) is 0 Å². The molecule has 1 nitrogen and oxygen atoms in total. The molecule has 68 valence electrons. The molecule has 1 unspecified atom stereocenters. The number of benzene rings is 1. The van der Waals surface area contributed by atoms with Crippen LogP contribution < -0.4 is 5.73 Å². The summed E-state index contributed by atoms with van der Waals surface area (Å²) in [4.78, 5) is 0. The van der Waals surface area contributed by atoms with E-state index in [-0.39, 0.29) is 6.04 Å². The Kier molecular flexibility index (Phi) is 2.54. The largest absolute Gasteiger partial charge is 0.323 e. The van der Waals surface area contributed by atoms with Gasteiger partial charge in [0.25, 0.3) is 0 Å². The van der Waals surface area contributed by atoms with Crippen molar-refractivity contribution in [3.05, 3.63) is 35.2 Å². The Morgan fingerprint density at radius 1 is 1.38 bits per heavy atom. The average molecular weight is 212 g/mol. The molecule has 0 fully saturated rings. The molecule has 0 saturated carbocycles. The van der Waals surface area contributed by atoms with Crippen molar-refractivity contribution in [2.45, 2.75) is 6.04 Å². The molecular formula is C10H10ClNS. The molecule has 2 N–H and O–H groups in total. The third kappa shape index (κ3) is 1.57. The molecule has 1 heterocycles. The molecule has 0 spiro atoms. The van der Waals surface area contributed by atoms with Gasteiger partial charge in [0, 0.05) is 16.6 Å². The second kappa shape index (κ2) is 3.66. The van der Waals surface area contributed by atoms with Crippen molar-refractivity contribution in [3.8, 4) is 0 Å². The Balaban J connectivity index is 2.57. The summed E-state index contributed by atoms with van der Waals surface area (Å²) in [5, 5.41) is 3.33. The zero-order valence-corrected chi connectivity index (χ0v) is 8.61. The average Bonchev–Trinajstić information content (AvgIpc) is 2.60. The van der Waals surface area contributed by atoms with Gasteiger partial charge in [0.05, 0.1) is 0 Å². The third-order valence-corrected chi connectivity index (χ3v) is 3.39. The molecule has 2 aromatic rings. The third-order valence-electron chi connectivity index (χ3n) is 2.08. The smallest absolute Gasteiger partial charge is 0.0446 e. The first-order chi connectivity index (χ1) is 6.33. The Bertz CT molecular complexity index is 410.